The van der Waals surface area contributed by atoms with E-state index in [4.69, 9.17) is 0 Å². The van der Waals surface area contributed by atoms with Crippen LogP contribution in [0.3, 0.4) is 0 Å². The highest BCUT2D eigenvalue weighted by Crippen LogP contribution is 2.12. The molecule has 2 amide bonds. The summed E-state index contributed by atoms with van der Waals surface area (Å²) in [6, 6.07) is 16.6. The second-order valence-corrected chi connectivity index (χ2v) is 6.83. The van der Waals surface area contributed by atoms with Gasteiger partial charge in [-0.1, -0.05) is 48.0 Å². The van der Waals surface area contributed by atoms with Gasteiger partial charge in [-0.25, -0.2) is 0 Å². The van der Waals surface area contributed by atoms with E-state index >= 15 is 0 Å². The third kappa shape index (κ3) is 4.82. The topological polar surface area (TPSA) is 57.7 Å². The van der Waals surface area contributed by atoms with Crippen molar-refractivity contribution in [3.8, 4) is 0 Å². The minimum absolute atomic E-state index is 0.00255. The number of ketones is 1. The molecule has 0 aromatic heterocycles. The van der Waals surface area contributed by atoms with Crippen molar-refractivity contribution >= 4 is 17.6 Å². The lowest BCUT2D eigenvalue weighted by Gasteiger charge is -2.34. The number of aryl methyl sites for hydroxylation is 1. The summed E-state index contributed by atoms with van der Waals surface area (Å²) in [5.41, 5.74) is 2.41. The fraction of sp³-hybridized carbons (Fsp3) is 0.318. The van der Waals surface area contributed by atoms with Gasteiger partial charge in [-0.2, -0.15) is 0 Å². The summed E-state index contributed by atoms with van der Waals surface area (Å²) in [6.07, 6.45) is 0.421. The Bertz CT molecular complexity index is 807. The molecular formula is C22H24N2O3. The number of amides is 2. The van der Waals surface area contributed by atoms with Crippen molar-refractivity contribution in [2.45, 2.75) is 19.8 Å². The van der Waals surface area contributed by atoms with E-state index in [1.165, 1.54) is 0 Å². The van der Waals surface area contributed by atoms with Gasteiger partial charge in [-0.3, -0.25) is 14.4 Å². The van der Waals surface area contributed by atoms with Crippen LogP contribution >= 0.6 is 0 Å². The van der Waals surface area contributed by atoms with Crippen LogP contribution in [-0.4, -0.2) is 53.6 Å². The smallest absolute Gasteiger partial charge is 0.253 e. The zero-order valence-electron chi connectivity index (χ0n) is 15.6. The van der Waals surface area contributed by atoms with E-state index < -0.39 is 0 Å². The first kappa shape index (κ1) is 18.8. The van der Waals surface area contributed by atoms with Crippen molar-refractivity contribution in [2.24, 2.45) is 0 Å². The zero-order valence-corrected chi connectivity index (χ0v) is 15.6. The van der Waals surface area contributed by atoms with Crippen molar-refractivity contribution in [2.75, 3.05) is 26.2 Å². The molecule has 1 saturated heterocycles. The summed E-state index contributed by atoms with van der Waals surface area (Å²) in [4.78, 5) is 40.6. The maximum atomic E-state index is 12.4. The average molecular weight is 364 g/mol. The van der Waals surface area contributed by atoms with Crippen LogP contribution in [0, 0.1) is 6.92 Å². The minimum Gasteiger partial charge on any atom is -0.339 e. The van der Waals surface area contributed by atoms with Crippen molar-refractivity contribution in [1.29, 1.82) is 0 Å². The number of nitrogens with zero attached hydrogens (tertiary/aromatic N) is 2. The fourth-order valence-electron chi connectivity index (χ4n) is 3.18. The highest BCUT2D eigenvalue weighted by molar-refractivity contribution is 5.98. The summed E-state index contributed by atoms with van der Waals surface area (Å²) >= 11 is 0. The number of rotatable bonds is 5. The number of carbonyl (C=O) groups is 3. The molecular weight excluding hydrogens is 340 g/mol. The van der Waals surface area contributed by atoms with Crippen LogP contribution in [0.5, 0.6) is 0 Å². The van der Waals surface area contributed by atoms with Crippen molar-refractivity contribution in [1.82, 2.24) is 9.80 Å². The Labute approximate surface area is 159 Å². The SMILES string of the molecule is Cc1ccc(C(=O)CCC(=O)N2CCN(C(=O)c3ccccc3)CC2)cc1. The van der Waals surface area contributed by atoms with E-state index in [1.807, 2.05) is 37.3 Å². The number of carbonyl (C=O) groups excluding carboxylic acids is 3. The molecule has 0 spiro atoms. The lowest BCUT2D eigenvalue weighted by atomic mass is 10.0. The van der Waals surface area contributed by atoms with Gasteiger partial charge in [-0.15, -0.1) is 0 Å². The van der Waals surface area contributed by atoms with Crippen molar-refractivity contribution < 1.29 is 14.4 Å². The molecule has 0 atom stereocenters. The highest BCUT2D eigenvalue weighted by atomic mass is 16.2. The Balaban J connectivity index is 1.46. The molecule has 0 radical (unpaired) electrons. The monoisotopic (exact) mass is 364 g/mol. The summed E-state index contributed by atoms with van der Waals surface area (Å²) in [7, 11) is 0. The summed E-state index contributed by atoms with van der Waals surface area (Å²) in [6.45, 7) is 4.03. The van der Waals surface area contributed by atoms with Gasteiger partial charge >= 0.3 is 0 Å². The largest absolute Gasteiger partial charge is 0.339 e. The normalized spacial score (nSPS) is 14.1. The molecule has 2 aromatic rings. The Morgan fingerprint density at radius 1 is 0.741 bits per heavy atom. The van der Waals surface area contributed by atoms with Crippen LogP contribution < -0.4 is 0 Å². The molecule has 27 heavy (non-hydrogen) atoms. The van der Waals surface area contributed by atoms with Gasteiger partial charge in [0.05, 0.1) is 0 Å². The Morgan fingerprint density at radius 2 is 1.33 bits per heavy atom. The van der Waals surface area contributed by atoms with Gasteiger partial charge in [0.2, 0.25) is 5.91 Å². The predicted octanol–water partition coefficient (Wildman–Crippen LogP) is 2.94. The van der Waals surface area contributed by atoms with Crippen LogP contribution in [0.25, 0.3) is 0 Å². The lowest BCUT2D eigenvalue weighted by Crippen LogP contribution is -2.50. The molecule has 5 nitrogen and oxygen atoms in total. The Morgan fingerprint density at radius 3 is 1.96 bits per heavy atom. The summed E-state index contributed by atoms with van der Waals surface area (Å²) in [5.74, 6) is -0.0410. The first-order chi connectivity index (χ1) is 13.0. The third-order valence-electron chi connectivity index (χ3n) is 4.88. The first-order valence-corrected chi connectivity index (χ1v) is 9.26. The van der Waals surface area contributed by atoms with Gasteiger partial charge in [0, 0.05) is 50.1 Å². The van der Waals surface area contributed by atoms with Crippen LogP contribution in [0.1, 0.15) is 39.1 Å². The summed E-state index contributed by atoms with van der Waals surface area (Å²) in [5, 5.41) is 0. The number of Topliss-reactive ketones (excluding diaryl/α,β-unsaturated/α-hetero) is 1. The molecule has 0 bridgehead atoms. The van der Waals surface area contributed by atoms with Gasteiger partial charge < -0.3 is 9.80 Å². The van der Waals surface area contributed by atoms with Gasteiger partial charge in [0.15, 0.2) is 5.78 Å². The first-order valence-electron chi connectivity index (χ1n) is 9.26. The highest BCUT2D eigenvalue weighted by Gasteiger charge is 2.25. The molecule has 0 aliphatic carbocycles. The molecule has 1 aliphatic heterocycles. The number of hydrogen-bond donors (Lipinski definition) is 0. The second-order valence-electron chi connectivity index (χ2n) is 6.83. The minimum atomic E-state index is -0.0257. The molecule has 1 fully saturated rings. The molecule has 1 heterocycles. The molecule has 5 heteroatoms. The summed E-state index contributed by atoms with van der Waals surface area (Å²) < 4.78 is 0. The number of hydrogen-bond acceptors (Lipinski definition) is 3. The van der Waals surface area contributed by atoms with Crippen LogP contribution in [0.15, 0.2) is 54.6 Å². The third-order valence-corrected chi connectivity index (χ3v) is 4.88. The standard InChI is InChI=1S/C22H24N2O3/c1-17-7-9-18(10-8-17)20(25)11-12-21(26)23-13-15-24(16-14-23)22(27)19-5-3-2-4-6-19/h2-10H,11-16H2,1H3. The molecule has 1 aliphatic rings. The second kappa shape index (κ2) is 8.62. The van der Waals surface area contributed by atoms with Crippen molar-refractivity contribution in [3.05, 3.63) is 71.3 Å². The van der Waals surface area contributed by atoms with Gasteiger partial charge in [-0.05, 0) is 19.1 Å². The van der Waals surface area contributed by atoms with Crippen LogP contribution in [-0.2, 0) is 4.79 Å². The van der Waals surface area contributed by atoms with Crippen LogP contribution in [0.2, 0.25) is 0 Å². The molecule has 140 valence electrons. The average Bonchev–Trinajstić information content (AvgIpc) is 2.72. The predicted molar refractivity (Wildman–Crippen MR) is 104 cm³/mol. The van der Waals surface area contributed by atoms with Gasteiger partial charge in [0.25, 0.3) is 5.91 Å². The van der Waals surface area contributed by atoms with E-state index in [0.29, 0.717) is 37.3 Å². The molecule has 0 N–H and O–H groups in total. The molecule has 3 rings (SSSR count). The zero-order chi connectivity index (χ0) is 19.2. The van der Waals surface area contributed by atoms with Gasteiger partial charge in [0.1, 0.15) is 0 Å². The molecule has 0 unspecified atom stereocenters. The van der Waals surface area contributed by atoms with Crippen LogP contribution in [0.4, 0.5) is 0 Å². The maximum absolute atomic E-state index is 12.4. The van der Waals surface area contributed by atoms with E-state index in [0.717, 1.165) is 5.56 Å². The van der Waals surface area contributed by atoms with E-state index in [9.17, 15) is 14.4 Å². The lowest BCUT2D eigenvalue weighted by molar-refractivity contribution is -0.132. The number of benzene rings is 2. The molecule has 2 aromatic carbocycles. The van der Waals surface area contributed by atoms with E-state index in [1.54, 1.807) is 34.1 Å². The maximum Gasteiger partial charge on any atom is 0.253 e. The van der Waals surface area contributed by atoms with E-state index in [-0.39, 0.29) is 30.4 Å². The Hall–Kier alpha value is -2.95. The molecule has 0 saturated carbocycles. The number of piperazine rings is 1. The quantitative estimate of drug-likeness (QED) is 0.767. The van der Waals surface area contributed by atoms with Crippen molar-refractivity contribution in [3.63, 3.8) is 0 Å². The Kier molecular flexibility index (Phi) is 6.01. The fourth-order valence-corrected chi connectivity index (χ4v) is 3.18. The van der Waals surface area contributed by atoms with E-state index in [2.05, 4.69) is 0 Å².